The maximum atomic E-state index is 6.30. The van der Waals surface area contributed by atoms with Crippen LogP contribution >= 0.6 is 0 Å². The summed E-state index contributed by atoms with van der Waals surface area (Å²) in [5, 5.41) is 0. The van der Waals surface area contributed by atoms with Crippen molar-refractivity contribution in [2.24, 2.45) is 11.7 Å². The second-order valence-electron chi connectivity index (χ2n) is 5.43. The lowest BCUT2D eigenvalue weighted by atomic mass is 10.1. The number of nitrogens with two attached hydrogens (primary N) is 1. The Labute approximate surface area is 116 Å². The first-order valence-corrected chi connectivity index (χ1v) is 7.43. The molecule has 0 spiro atoms. The fraction of sp³-hybridized carbons (Fsp3) is 0.625. The molecule has 1 aliphatic heterocycles. The number of hydrogen-bond acceptors (Lipinski definition) is 3. The highest BCUT2D eigenvalue weighted by Gasteiger charge is 2.22. The third kappa shape index (κ3) is 3.95. The third-order valence-electron chi connectivity index (χ3n) is 4.02. The van der Waals surface area contributed by atoms with Crippen molar-refractivity contribution in [1.29, 1.82) is 0 Å². The van der Waals surface area contributed by atoms with E-state index in [1.807, 2.05) is 19.1 Å². The van der Waals surface area contributed by atoms with Crippen molar-refractivity contribution in [2.45, 2.75) is 32.7 Å². The number of hydrogen-bond donors (Lipinski definition) is 1. The first-order chi connectivity index (χ1) is 9.22. The van der Waals surface area contributed by atoms with E-state index in [1.165, 1.54) is 31.5 Å². The Morgan fingerprint density at radius 2 is 2.05 bits per heavy atom. The van der Waals surface area contributed by atoms with Crippen LogP contribution < -0.4 is 10.5 Å². The third-order valence-corrected chi connectivity index (χ3v) is 4.02. The SMILES string of the molecule is CCOc1ccc(C(N)CN2CCC(CC)C2)cc1. The first kappa shape index (κ1) is 14.4. The summed E-state index contributed by atoms with van der Waals surface area (Å²) in [5.41, 5.74) is 7.50. The van der Waals surface area contributed by atoms with Crippen molar-refractivity contribution in [1.82, 2.24) is 4.90 Å². The minimum atomic E-state index is 0.103. The van der Waals surface area contributed by atoms with E-state index in [1.54, 1.807) is 0 Å². The van der Waals surface area contributed by atoms with E-state index in [4.69, 9.17) is 10.5 Å². The average molecular weight is 262 g/mol. The highest BCUT2D eigenvalue weighted by atomic mass is 16.5. The van der Waals surface area contributed by atoms with E-state index in [0.29, 0.717) is 6.61 Å². The summed E-state index contributed by atoms with van der Waals surface area (Å²) in [5.74, 6) is 1.79. The van der Waals surface area contributed by atoms with Gasteiger partial charge < -0.3 is 15.4 Å². The van der Waals surface area contributed by atoms with E-state index in [0.717, 1.165) is 18.2 Å². The summed E-state index contributed by atoms with van der Waals surface area (Å²) in [4.78, 5) is 2.50. The van der Waals surface area contributed by atoms with E-state index < -0.39 is 0 Å². The van der Waals surface area contributed by atoms with Crippen molar-refractivity contribution in [3.05, 3.63) is 29.8 Å². The van der Waals surface area contributed by atoms with Crippen LogP contribution in [0.1, 0.15) is 38.3 Å². The van der Waals surface area contributed by atoms with Crippen molar-refractivity contribution < 1.29 is 4.74 Å². The lowest BCUT2D eigenvalue weighted by Crippen LogP contribution is -2.30. The predicted octanol–water partition coefficient (Wildman–Crippen LogP) is 2.82. The van der Waals surface area contributed by atoms with Crippen LogP contribution in [0, 0.1) is 5.92 Å². The second kappa shape index (κ2) is 6.92. The van der Waals surface area contributed by atoms with Gasteiger partial charge in [-0.3, -0.25) is 0 Å². The molecule has 1 fully saturated rings. The normalized spacial score (nSPS) is 21.5. The Hall–Kier alpha value is -1.06. The van der Waals surface area contributed by atoms with Gasteiger partial charge in [0.2, 0.25) is 0 Å². The molecule has 0 aliphatic carbocycles. The summed E-state index contributed by atoms with van der Waals surface area (Å²) in [6.07, 6.45) is 2.61. The zero-order valence-corrected chi connectivity index (χ0v) is 12.1. The molecule has 2 rings (SSSR count). The van der Waals surface area contributed by atoms with E-state index in [9.17, 15) is 0 Å². The zero-order chi connectivity index (χ0) is 13.7. The van der Waals surface area contributed by atoms with Crippen LogP contribution in [-0.4, -0.2) is 31.1 Å². The van der Waals surface area contributed by atoms with E-state index >= 15 is 0 Å². The van der Waals surface area contributed by atoms with Gasteiger partial charge in [0, 0.05) is 19.1 Å². The molecule has 106 valence electrons. The summed E-state index contributed by atoms with van der Waals surface area (Å²) >= 11 is 0. The molecule has 0 bridgehead atoms. The largest absolute Gasteiger partial charge is 0.494 e. The lowest BCUT2D eigenvalue weighted by Gasteiger charge is -2.21. The van der Waals surface area contributed by atoms with Crippen molar-refractivity contribution >= 4 is 0 Å². The molecule has 0 amide bonds. The van der Waals surface area contributed by atoms with Gasteiger partial charge in [0.15, 0.2) is 0 Å². The van der Waals surface area contributed by atoms with Crippen LogP contribution in [0.4, 0.5) is 0 Å². The summed E-state index contributed by atoms with van der Waals surface area (Å²) in [6, 6.07) is 8.30. The van der Waals surface area contributed by atoms with Crippen molar-refractivity contribution in [2.75, 3.05) is 26.2 Å². The fourth-order valence-electron chi connectivity index (χ4n) is 2.77. The fourth-order valence-corrected chi connectivity index (χ4v) is 2.77. The number of ether oxygens (including phenoxy) is 1. The highest BCUT2D eigenvalue weighted by Crippen LogP contribution is 2.22. The van der Waals surface area contributed by atoms with Crippen LogP contribution in [0.2, 0.25) is 0 Å². The van der Waals surface area contributed by atoms with Gasteiger partial charge in [-0.1, -0.05) is 25.5 Å². The summed E-state index contributed by atoms with van der Waals surface area (Å²) < 4.78 is 5.45. The van der Waals surface area contributed by atoms with Crippen LogP contribution in [0.15, 0.2) is 24.3 Å². The van der Waals surface area contributed by atoms with Gasteiger partial charge in [0.1, 0.15) is 5.75 Å². The Kier molecular flexibility index (Phi) is 5.23. The number of likely N-dealkylation sites (tertiary alicyclic amines) is 1. The molecule has 1 aromatic rings. The average Bonchev–Trinajstić information content (AvgIpc) is 2.87. The molecule has 2 atom stereocenters. The zero-order valence-electron chi connectivity index (χ0n) is 12.1. The maximum absolute atomic E-state index is 6.30. The Morgan fingerprint density at radius 1 is 1.32 bits per heavy atom. The molecule has 19 heavy (non-hydrogen) atoms. The van der Waals surface area contributed by atoms with Gasteiger partial charge in [-0.15, -0.1) is 0 Å². The standard InChI is InChI=1S/C16H26N2O/c1-3-13-9-10-18(11-13)12-16(17)14-5-7-15(8-6-14)19-4-2/h5-8,13,16H,3-4,9-12,17H2,1-2H3. The molecule has 3 nitrogen and oxygen atoms in total. The van der Waals surface area contributed by atoms with Gasteiger partial charge in [0.05, 0.1) is 6.61 Å². The Morgan fingerprint density at radius 3 is 2.63 bits per heavy atom. The summed E-state index contributed by atoms with van der Waals surface area (Å²) in [7, 11) is 0. The van der Waals surface area contributed by atoms with Crippen molar-refractivity contribution in [3.8, 4) is 5.75 Å². The van der Waals surface area contributed by atoms with Crippen LogP contribution in [0.25, 0.3) is 0 Å². The van der Waals surface area contributed by atoms with Gasteiger partial charge in [-0.25, -0.2) is 0 Å². The van der Waals surface area contributed by atoms with E-state index in [2.05, 4.69) is 24.0 Å². The highest BCUT2D eigenvalue weighted by molar-refractivity contribution is 5.29. The van der Waals surface area contributed by atoms with Gasteiger partial charge >= 0.3 is 0 Å². The monoisotopic (exact) mass is 262 g/mol. The number of rotatable bonds is 6. The smallest absolute Gasteiger partial charge is 0.119 e. The molecule has 1 saturated heterocycles. The Bertz CT molecular complexity index is 377. The lowest BCUT2D eigenvalue weighted by molar-refractivity contribution is 0.302. The predicted molar refractivity (Wildman–Crippen MR) is 79.4 cm³/mol. The maximum Gasteiger partial charge on any atom is 0.119 e. The molecule has 0 aromatic heterocycles. The van der Waals surface area contributed by atoms with Crippen LogP contribution in [0.5, 0.6) is 5.75 Å². The molecule has 1 aromatic carbocycles. The minimum Gasteiger partial charge on any atom is -0.494 e. The first-order valence-electron chi connectivity index (χ1n) is 7.43. The molecule has 1 heterocycles. The van der Waals surface area contributed by atoms with Gasteiger partial charge in [-0.2, -0.15) is 0 Å². The van der Waals surface area contributed by atoms with Gasteiger partial charge in [0.25, 0.3) is 0 Å². The Balaban J connectivity index is 1.87. The minimum absolute atomic E-state index is 0.103. The molecular weight excluding hydrogens is 236 g/mol. The number of nitrogens with zero attached hydrogens (tertiary/aromatic N) is 1. The van der Waals surface area contributed by atoms with Crippen LogP contribution in [0.3, 0.4) is 0 Å². The molecule has 3 heteroatoms. The number of benzene rings is 1. The van der Waals surface area contributed by atoms with Crippen LogP contribution in [-0.2, 0) is 0 Å². The molecule has 2 unspecified atom stereocenters. The molecular formula is C16H26N2O. The van der Waals surface area contributed by atoms with Gasteiger partial charge in [-0.05, 0) is 43.5 Å². The second-order valence-corrected chi connectivity index (χ2v) is 5.43. The quantitative estimate of drug-likeness (QED) is 0.856. The molecule has 2 N–H and O–H groups in total. The summed E-state index contributed by atoms with van der Waals surface area (Å²) in [6.45, 7) is 8.35. The molecule has 0 radical (unpaired) electrons. The topological polar surface area (TPSA) is 38.5 Å². The molecule has 0 saturated carbocycles. The molecule has 1 aliphatic rings. The van der Waals surface area contributed by atoms with Crippen molar-refractivity contribution in [3.63, 3.8) is 0 Å². The van der Waals surface area contributed by atoms with E-state index in [-0.39, 0.29) is 6.04 Å².